The number of rotatable bonds is 6. The van der Waals surface area contributed by atoms with Crippen molar-refractivity contribution in [3.05, 3.63) is 41.5 Å². The Labute approximate surface area is 150 Å². The summed E-state index contributed by atoms with van der Waals surface area (Å²) >= 11 is 0. The van der Waals surface area contributed by atoms with Crippen LogP contribution < -0.4 is 0 Å². The number of hydrogen-bond donors (Lipinski definition) is 0. The summed E-state index contributed by atoms with van der Waals surface area (Å²) < 4.78 is 31.9. The van der Waals surface area contributed by atoms with E-state index < -0.39 is 16.0 Å². The third-order valence-electron chi connectivity index (χ3n) is 4.09. The van der Waals surface area contributed by atoms with E-state index in [1.165, 1.54) is 34.1 Å². The third kappa shape index (κ3) is 5.14. The summed E-state index contributed by atoms with van der Waals surface area (Å²) in [5, 5.41) is 0. The maximum absolute atomic E-state index is 12.7. The predicted molar refractivity (Wildman–Crippen MR) is 97.0 cm³/mol. The maximum Gasteiger partial charge on any atom is 0.338 e. The van der Waals surface area contributed by atoms with Gasteiger partial charge in [-0.1, -0.05) is 11.6 Å². The Morgan fingerprint density at radius 3 is 2.24 bits per heavy atom. The van der Waals surface area contributed by atoms with Crippen molar-refractivity contribution in [1.29, 1.82) is 0 Å². The van der Waals surface area contributed by atoms with E-state index in [1.807, 2.05) is 0 Å². The van der Waals surface area contributed by atoms with E-state index in [0.717, 1.165) is 6.54 Å². The van der Waals surface area contributed by atoms with E-state index in [1.54, 1.807) is 6.92 Å². The van der Waals surface area contributed by atoms with E-state index in [2.05, 4.69) is 24.8 Å². The van der Waals surface area contributed by atoms with Crippen LogP contribution in [0.15, 0.2) is 40.8 Å². The normalized spacial score (nSPS) is 16.4. The van der Waals surface area contributed by atoms with Crippen molar-refractivity contribution in [2.24, 2.45) is 0 Å². The number of piperazine rings is 1. The molecule has 0 spiro atoms. The molecular formula is C18H26N2O4S. The number of nitrogens with zero attached hydrogens (tertiary/aromatic N) is 2. The van der Waals surface area contributed by atoms with Crippen LogP contribution in [0.5, 0.6) is 0 Å². The Morgan fingerprint density at radius 1 is 1.12 bits per heavy atom. The third-order valence-corrected chi connectivity index (χ3v) is 6.01. The van der Waals surface area contributed by atoms with Gasteiger partial charge in [0.25, 0.3) is 0 Å². The van der Waals surface area contributed by atoms with Crippen LogP contribution in [0.1, 0.15) is 31.1 Å². The molecule has 0 unspecified atom stereocenters. The lowest BCUT2D eigenvalue weighted by molar-refractivity contribution is 0.0526. The van der Waals surface area contributed by atoms with Gasteiger partial charge in [0.1, 0.15) is 0 Å². The Hall–Kier alpha value is -1.70. The van der Waals surface area contributed by atoms with Gasteiger partial charge in [0, 0.05) is 32.7 Å². The Balaban J connectivity index is 2.02. The minimum absolute atomic E-state index is 0.207. The minimum Gasteiger partial charge on any atom is -0.462 e. The molecule has 1 aromatic carbocycles. The predicted octanol–water partition coefficient (Wildman–Crippen LogP) is 2.14. The first-order chi connectivity index (χ1) is 11.8. The second-order valence-electron chi connectivity index (χ2n) is 6.23. The van der Waals surface area contributed by atoms with Crippen LogP contribution in [-0.4, -0.2) is 62.9 Å². The number of sulfonamides is 1. The fourth-order valence-corrected chi connectivity index (χ4v) is 4.01. The summed E-state index contributed by atoms with van der Waals surface area (Å²) in [6.07, 6.45) is 2.15. The topological polar surface area (TPSA) is 66.9 Å². The molecule has 0 atom stereocenters. The van der Waals surface area contributed by atoms with Crippen LogP contribution >= 0.6 is 0 Å². The van der Waals surface area contributed by atoms with Gasteiger partial charge in [0.05, 0.1) is 17.1 Å². The van der Waals surface area contributed by atoms with Crippen LogP contribution in [0.2, 0.25) is 0 Å². The summed E-state index contributed by atoms with van der Waals surface area (Å²) in [6, 6.07) is 5.93. The molecule has 0 amide bonds. The quantitative estimate of drug-likeness (QED) is 0.570. The number of benzene rings is 1. The van der Waals surface area contributed by atoms with Gasteiger partial charge in [0.15, 0.2) is 0 Å². The number of carbonyl (C=O) groups excluding carboxylic acids is 1. The van der Waals surface area contributed by atoms with Crippen LogP contribution in [0.25, 0.3) is 0 Å². The molecule has 0 aliphatic carbocycles. The molecule has 138 valence electrons. The van der Waals surface area contributed by atoms with E-state index in [-0.39, 0.29) is 11.5 Å². The molecule has 25 heavy (non-hydrogen) atoms. The molecule has 0 bridgehead atoms. The van der Waals surface area contributed by atoms with Crippen molar-refractivity contribution < 1.29 is 17.9 Å². The van der Waals surface area contributed by atoms with Crippen LogP contribution in [-0.2, 0) is 14.8 Å². The standard InChI is InChI=1S/C18H26N2O4S/c1-4-24-18(21)16-5-7-17(8-6-16)25(22,23)20-13-11-19(12-14-20)10-9-15(2)3/h5-9H,4,10-14H2,1-3H3. The summed E-state index contributed by atoms with van der Waals surface area (Å²) in [6.45, 7) is 9.35. The first kappa shape index (κ1) is 19.6. The number of carbonyl (C=O) groups is 1. The lowest BCUT2D eigenvalue weighted by Crippen LogP contribution is -2.48. The summed E-state index contributed by atoms with van der Waals surface area (Å²) in [5.74, 6) is -0.445. The molecule has 0 N–H and O–H groups in total. The zero-order chi connectivity index (χ0) is 18.4. The first-order valence-corrected chi connectivity index (χ1v) is 9.91. The molecule has 1 aromatic rings. The Kier molecular flexibility index (Phi) is 6.75. The second-order valence-corrected chi connectivity index (χ2v) is 8.17. The van der Waals surface area contributed by atoms with Crippen molar-refractivity contribution in [2.45, 2.75) is 25.7 Å². The lowest BCUT2D eigenvalue weighted by atomic mass is 10.2. The molecule has 6 nitrogen and oxygen atoms in total. The van der Waals surface area contributed by atoms with Crippen molar-refractivity contribution in [2.75, 3.05) is 39.3 Å². The zero-order valence-corrected chi connectivity index (χ0v) is 15.9. The van der Waals surface area contributed by atoms with E-state index >= 15 is 0 Å². The highest BCUT2D eigenvalue weighted by atomic mass is 32.2. The van der Waals surface area contributed by atoms with Crippen molar-refractivity contribution in [3.63, 3.8) is 0 Å². The highest BCUT2D eigenvalue weighted by Gasteiger charge is 2.28. The average molecular weight is 366 g/mol. The van der Waals surface area contributed by atoms with Gasteiger partial charge >= 0.3 is 5.97 Å². The molecule has 0 radical (unpaired) electrons. The van der Waals surface area contributed by atoms with E-state index in [0.29, 0.717) is 31.7 Å². The molecule has 1 fully saturated rings. The number of allylic oxidation sites excluding steroid dienone is 1. The van der Waals surface area contributed by atoms with Crippen molar-refractivity contribution in [3.8, 4) is 0 Å². The highest BCUT2D eigenvalue weighted by molar-refractivity contribution is 7.89. The smallest absolute Gasteiger partial charge is 0.338 e. The maximum atomic E-state index is 12.7. The Bertz CT molecular complexity index is 714. The molecule has 1 aliphatic rings. The van der Waals surface area contributed by atoms with E-state index in [4.69, 9.17) is 4.74 Å². The van der Waals surface area contributed by atoms with Gasteiger partial charge in [-0.3, -0.25) is 4.90 Å². The van der Waals surface area contributed by atoms with Crippen LogP contribution in [0.3, 0.4) is 0 Å². The molecular weight excluding hydrogens is 340 g/mol. The summed E-state index contributed by atoms with van der Waals surface area (Å²) in [4.78, 5) is 14.1. The fraction of sp³-hybridized carbons (Fsp3) is 0.500. The van der Waals surface area contributed by atoms with Crippen LogP contribution in [0.4, 0.5) is 0 Å². The SMILES string of the molecule is CCOC(=O)c1ccc(S(=O)(=O)N2CCN(CC=C(C)C)CC2)cc1. The summed E-state index contributed by atoms with van der Waals surface area (Å²) in [7, 11) is -3.53. The molecule has 0 aromatic heterocycles. The van der Waals surface area contributed by atoms with Crippen LogP contribution in [0, 0.1) is 0 Å². The number of esters is 1. The van der Waals surface area contributed by atoms with Crippen molar-refractivity contribution >= 4 is 16.0 Å². The monoisotopic (exact) mass is 366 g/mol. The molecule has 1 heterocycles. The van der Waals surface area contributed by atoms with Gasteiger partial charge in [-0.25, -0.2) is 13.2 Å². The fourth-order valence-electron chi connectivity index (χ4n) is 2.59. The van der Waals surface area contributed by atoms with Gasteiger partial charge in [0.2, 0.25) is 10.0 Å². The van der Waals surface area contributed by atoms with Gasteiger partial charge in [-0.05, 0) is 45.0 Å². The van der Waals surface area contributed by atoms with Gasteiger partial charge < -0.3 is 4.74 Å². The average Bonchev–Trinajstić information content (AvgIpc) is 2.60. The first-order valence-electron chi connectivity index (χ1n) is 8.47. The minimum atomic E-state index is -3.53. The molecule has 1 aliphatic heterocycles. The molecule has 0 saturated carbocycles. The zero-order valence-electron chi connectivity index (χ0n) is 15.1. The molecule has 7 heteroatoms. The largest absolute Gasteiger partial charge is 0.462 e. The van der Waals surface area contributed by atoms with E-state index in [9.17, 15) is 13.2 Å². The number of hydrogen-bond acceptors (Lipinski definition) is 5. The summed E-state index contributed by atoms with van der Waals surface area (Å²) in [5.41, 5.74) is 1.61. The number of ether oxygens (including phenoxy) is 1. The lowest BCUT2D eigenvalue weighted by Gasteiger charge is -2.33. The van der Waals surface area contributed by atoms with Gasteiger partial charge in [-0.2, -0.15) is 4.31 Å². The molecule has 2 rings (SSSR count). The molecule has 1 saturated heterocycles. The van der Waals surface area contributed by atoms with Crippen molar-refractivity contribution in [1.82, 2.24) is 9.21 Å². The van der Waals surface area contributed by atoms with Gasteiger partial charge in [-0.15, -0.1) is 0 Å². The Morgan fingerprint density at radius 2 is 1.72 bits per heavy atom. The highest BCUT2D eigenvalue weighted by Crippen LogP contribution is 2.18. The second kappa shape index (κ2) is 8.60.